The minimum absolute atomic E-state index is 0.105. The fourth-order valence-corrected chi connectivity index (χ4v) is 3.32. The van der Waals surface area contributed by atoms with Gasteiger partial charge in [0.05, 0.1) is 12.1 Å². The van der Waals surface area contributed by atoms with Crippen molar-refractivity contribution in [1.82, 2.24) is 9.55 Å². The molecule has 3 nitrogen and oxygen atoms in total. The van der Waals surface area contributed by atoms with Crippen LogP contribution in [0.4, 0.5) is 4.39 Å². The predicted octanol–water partition coefficient (Wildman–Crippen LogP) is 6.11. The highest BCUT2D eigenvalue weighted by Gasteiger charge is 2.10. The van der Waals surface area contributed by atoms with E-state index in [4.69, 9.17) is 27.9 Å². The van der Waals surface area contributed by atoms with Crippen LogP contribution >= 0.6 is 23.2 Å². The minimum atomic E-state index is -0.387. The Morgan fingerprint density at radius 1 is 0.963 bits per heavy atom. The van der Waals surface area contributed by atoms with Gasteiger partial charge in [0, 0.05) is 45.1 Å². The molecule has 0 radical (unpaired) electrons. The van der Waals surface area contributed by atoms with Crippen LogP contribution in [0, 0.1) is 5.82 Å². The number of rotatable bonds is 5. The van der Waals surface area contributed by atoms with Crippen LogP contribution < -0.4 is 4.74 Å². The zero-order chi connectivity index (χ0) is 18.8. The van der Waals surface area contributed by atoms with E-state index in [1.54, 1.807) is 30.5 Å². The summed E-state index contributed by atoms with van der Waals surface area (Å²) in [6.45, 7) is 0.681. The van der Waals surface area contributed by atoms with Gasteiger partial charge in [-0.15, -0.1) is 0 Å². The van der Waals surface area contributed by atoms with E-state index in [-0.39, 0.29) is 12.4 Å². The Balaban J connectivity index is 1.60. The van der Waals surface area contributed by atoms with Gasteiger partial charge < -0.3 is 9.30 Å². The Bertz CT molecular complexity index is 1110. The first-order valence-electron chi connectivity index (χ1n) is 8.34. The molecule has 2 aromatic carbocycles. The average Bonchev–Trinajstić information content (AvgIpc) is 3.05. The van der Waals surface area contributed by atoms with E-state index in [0.29, 0.717) is 27.9 Å². The van der Waals surface area contributed by atoms with Crippen LogP contribution in [-0.2, 0) is 13.2 Å². The fourth-order valence-electron chi connectivity index (χ4n) is 2.97. The zero-order valence-electron chi connectivity index (χ0n) is 14.2. The van der Waals surface area contributed by atoms with Crippen molar-refractivity contribution in [2.75, 3.05) is 0 Å². The molecule has 0 aliphatic heterocycles. The quantitative estimate of drug-likeness (QED) is 0.404. The highest BCUT2D eigenvalue weighted by molar-refractivity contribution is 6.30. The van der Waals surface area contributed by atoms with Gasteiger partial charge in [0.15, 0.2) is 0 Å². The molecule has 6 heteroatoms. The molecule has 0 bridgehead atoms. The van der Waals surface area contributed by atoms with E-state index < -0.39 is 0 Å². The number of benzene rings is 2. The molecule has 0 amide bonds. The summed E-state index contributed by atoms with van der Waals surface area (Å²) in [5, 5.41) is 2.04. The van der Waals surface area contributed by atoms with Gasteiger partial charge in [0.1, 0.15) is 18.2 Å². The first kappa shape index (κ1) is 17.8. The lowest BCUT2D eigenvalue weighted by Crippen LogP contribution is -2.04. The van der Waals surface area contributed by atoms with Crippen molar-refractivity contribution >= 4 is 34.1 Å². The van der Waals surface area contributed by atoms with Crippen LogP contribution in [0.2, 0.25) is 10.0 Å². The largest absolute Gasteiger partial charge is 0.488 e. The lowest BCUT2D eigenvalue weighted by atomic mass is 10.2. The Labute approximate surface area is 165 Å². The summed E-state index contributed by atoms with van der Waals surface area (Å²) in [6.07, 6.45) is 5.58. The topological polar surface area (TPSA) is 27.1 Å². The van der Waals surface area contributed by atoms with Crippen LogP contribution in [0.1, 0.15) is 11.1 Å². The fraction of sp³-hybridized carbons (Fsp3) is 0.0952. The highest BCUT2D eigenvalue weighted by atomic mass is 35.5. The summed E-state index contributed by atoms with van der Waals surface area (Å²) < 4.78 is 22.0. The van der Waals surface area contributed by atoms with Crippen molar-refractivity contribution < 1.29 is 9.13 Å². The standard InChI is InChI=1S/C21H15Cl2FN2O/c22-17-3-4-21(27-13-15-1-2-18(23)10-19(15)24)16(9-17)12-26-8-6-14-11-25-7-5-20(14)26/h1-11H,12-13H2. The number of halogens is 3. The highest BCUT2D eigenvalue weighted by Crippen LogP contribution is 2.27. The van der Waals surface area contributed by atoms with E-state index in [0.717, 1.165) is 16.5 Å². The zero-order valence-corrected chi connectivity index (χ0v) is 15.7. The molecule has 0 saturated heterocycles. The molecule has 0 saturated carbocycles. The molecule has 136 valence electrons. The molecular formula is C21H15Cl2FN2O. The lowest BCUT2D eigenvalue weighted by Gasteiger charge is -2.14. The molecule has 4 rings (SSSR count). The van der Waals surface area contributed by atoms with E-state index in [9.17, 15) is 4.39 Å². The molecule has 0 atom stereocenters. The molecule has 0 N–H and O–H groups in total. The van der Waals surface area contributed by atoms with Crippen LogP contribution in [0.15, 0.2) is 67.1 Å². The molecule has 2 aromatic heterocycles. The summed E-state index contributed by atoms with van der Waals surface area (Å²) in [5.41, 5.74) is 2.42. The average molecular weight is 401 g/mol. The van der Waals surface area contributed by atoms with Crippen molar-refractivity contribution in [3.63, 3.8) is 0 Å². The van der Waals surface area contributed by atoms with Crippen LogP contribution in [-0.4, -0.2) is 9.55 Å². The molecule has 0 aliphatic carbocycles. The second-order valence-corrected chi connectivity index (χ2v) is 7.03. The van der Waals surface area contributed by atoms with Crippen molar-refractivity contribution in [3.05, 3.63) is 94.1 Å². The second-order valence-electron chi connectivity index (χ2n) is 6.15. The van der Waals surface area contributed by atoms with Crippen LogP contribution in [0.3, 0.4) is 0 Å². The number of hydrogen-bond donors (Lipinski definition) is 0. The minimum Gasteiger partial charge on any atom is -0.488 e. The van der Waals surface area contributed by atoms with Gasteiger partial charge in [-0.2, -0.15) is 0 Å². The summed E-state index contributed by atoms with van der Waals surface area (Å²) in [7, 11) is 0. The van der Waals surface area contributed by atoms with E-state index in [2.05, 4.69) is 9.55 Å². The number of ether oxygens (including phenoxy) is 1. The van der Waals surface area contributed by atoms with Crippen molar-refractivity contribution in [2.24, 2.45) is 0 Å². The number of nitrogens with zero attached hydrogens (tertiary/aromatic N) is 2. The van der Waals surface area contributed by atoms with Gasteiger partial charge in [0.2, 0.25) is 0 Å². The molecule has 0 spiro atoms. The van der Waals surface area contributed by atoms with Gasteiger partial charge in [-0.1, -0.05) is 29.3 Å². The van der Waals surface area contributed by atoms with Crippen molar-refractivity contribution in [2.45, 2.75) is 13.2 Å². The normalized spacial score (nSPS) is 11.1. The van der Waals surface area contributed by atoms with Gasteiger partial charge in [0.25, 0.3) is 0 Å². The maximum absolute atomic E-state index is 14.0. The van der Waals surface area contributed by atoms with Crippen LogP contribution in [0.5, 0.6) is 5.75 Å². The monoisotopic (exact) mass is 400 g/mol. The molecule has 0 aliphatic rings. The summed E-state index contributed by atoms with van der Waals surface area (Å²) in [4.78, 5) is 4.14. The van der Waals surface area contributed by atoms with Gasteiger partial charge >= 0.3 is 0 Å². The predicted molar refractivity (Wildman–Crippen MR) is 106 cm³/mol. The smallest absolute Gasteiger partial charge is 0.131 e. The summed E-state index contributed by atoms with van der Waals surface area (Å²) in [6, 6.07) is 14.0. The first-order chi connectivity index (χ1) is 13.1. The molecule has 2 heterocycles. The Hall–Kier alpha value is -2.56. The lowest BCUT2D eigenvalue weighted by molar-refractivity contribution is 0.296. The maximum Gasteiger partial charge on any atom is 0.131 e. The van der Waals surface area contributed by atoms with Crippen LogP contribution in [0.25, 0.3) is 10.9 Å². The third-order valence-corrected chi connectivity index (χ3v) is 4.80. The Morgan fingerprint density at radius 3 is 2.63 bits per heavy atom. The maximum atomic E-state index is 14.0. The molecule has 0 fully saturated rings. The third-order valence-electron chi connectivity index (χ3n) is 4.33. The Kier molecular flexibility index (Phi) is 5.01. The number of aromatic nitrogens is 2. The van der Waals surface area contributed by atoms with Gasteiger partial charge in [-0.3, -0.25) is 4.98 Å². The van der Waals surface area contributed by atoms with E-state index in [1.165, 1.54) is 6.07 Å². The summed E-state index contributed by atoms with van der Waals surface area (Å²) >= 11 is 12.0. The van der Waals surface area contributed by atoms with Gasteiger partial charge in [-0.05, 0) is 42.5 Å². The van der Waals surface area contributed by atoms with Crippen molar-refractivity contribution in [3.8, 4) is 5.75 Å². The third kappa shape index (κ3) is 3.92. The van der Waals surface area contributed by atoms with E-state index in [1.807, 2.05) is 30.6 Å². The molecule has 0 unspecified atom stereocenters. The summed E-state index contributed by atoms with van der Waals surface area (Å²) in [5.74, 6) is 0.270. The first-order valence-corrected chi connectivity index (χ1v) is 9.10. The number of fused-ring (bicyclic) bond motifs is 1. The molecule has 4 aromatic rings. The van der Waals surface area contributed by atoms with E-state index >= 15 is 0 Å². The Morgan fingerprint density at radius 2 is 1.78 bits per heavy atom. The van der Waals surface area contributed by atoms with Gasteiger partial charge in [-0.25, -0.2) is 4.39 Å². The molecular weight excluding hydrogens is 386 g/mol. The number of hydrogen-bond acceptors (Lipinski definition) is 2. The second kappa shape index (κ2) is 7.59. The molecule has 27 heavy (non-hydrogen) atoms. The SMILES string of the molecule is Fc1cc(Cl)ccc1COc1ccc(Cl)cc1Cn1ccc2cnccc21. The number of pyridine rings is 1. The van der Waals surface area contributed by atoms with Crippen molar-refractivity contribution in [1.29, 1.82) is 0 Å².